The van der Waals surface area contributed by atoms with Gasteiger partial charge in [0.15, 0.2) is 18.1 Å². The Labute approximate surface area is 153 Å². The van der Waals surface area contributed by atoms with Crippen molar-refractivity contribution >= 4 is 17.6 Å². The number of ether oxygens (including phenoxy) is 4. The zero-order chi connectivity index (χ0) is 20.0. The highest BCUT2D eigenvalue weighted by Crippen LogP contribution is 2.38. The summed E-state index contributed by atoms with van der Waals surface area (Å²) in [6.45, 7) is -0.747. The van der Waals surface area contributed by atoms with E-state index < -0.39 is 35.8 Å². The van der Waals surface area contributed by atoms with Crippen LogP contribution >= 0.6 is 0 Å². The fourth-order valence-electron chi connectivity index (χ4n) is 2.21. The van der Waals surface area contributed by atoms with Gasteiger partial charge in [0.2, 0.25) is 5.75 Å². The van der Waals surface area contributed by atoms with Gasteiger partial charge < -0.3 is 24.3 Å². The van der Waals surface area contributed by atoms with E-state index in [1.165, 1.54) is 33.5 Å². The summed E-state index contributed by atoms with van der Waals surface area (Å²) in [6.07, 6.45) is 0. The van der Waals surface area contributed by atoms with Crippen LogP contribution in [0.1, 0.15) is 10.4 Å². The summed E-state index contributed by atoms with van der Waals surface area (Å²) in [5.74, 6) is -2.93. The summed E-state index contributed by atoms with van der Waals surface area (Å²) >= 11 is 0. The molecule has 1 N–H and O–H groups in total. The second-order valence-corrected chi connectivity index (χ2v) is 5.13. The SMILES string of the molecule is COc1cc(C(=O)OCC(=O)Nc2c(F)cccc2F)cc(OC)c1OC. The zero-order valence-corrected chi connectivity index (χ0v) is 14.8. The summed E-state index contributed by atoms with van der Waals surface area (Å²) < 4.78 is 47.3. The third kappa shape index (κ3) is 4.63. The van der Waals surface area contributed by atoms with E-state index in [0.717, 1.165) is 18.2 Å². The first-order chi connectivity index (χ1) is 12.9. The summed E-state index contributed by atoms with van der Waals surface area (Å²) in [4.78, 5) is 24.0. The van der Waals surface area contributed by atoms with Crippen LogP contribution in [0.4, 0.5) is 14.5 Å². The van der Waals surface area contributed by atoms with Gasteiger partial charge in [0.25, 0.3) is 5.91 Å². The maximum atomic E-state index is 13.5. The molecule has 7 nitrogen and oxygen atoms in total. The van der Waals surface area contributed by atoms with Crippen LogP contribution in [-0.4, -0.2) is 39.8 Å². The van der Waals surface area contributed by atoms with Crippen molar-refractivity contribution in [3.8, 4) is 17.2 Å². The van der Waals surface area contributed by atoms with Gasteiger partial charge in [-0.2, -0.15) is 0 Å². The van der Waals surface area contributed by atoms with E-state index in [9.17, 15) is 18.4 Å². The monoisotopic (exact) mass is 381 g/mol. The average Bonchev–Trinajstić information content (AvgIpc) is 2.67. The molecule has 0 bridgehead atoms. The summed E-state index contributed by atoms with van der Waals surface area (Å²) in [6, 6.07) is 5.82. The summed E-state index contributed by atoms with van der Waals surface area (Å²) in [7, 11) is 4.16. The molecule has 0 saturated heterocycles. The molecule has 0 aliphatic carbocycles. The van der Waals surface area contributed by atoms with Crippen molar-refractivity contribution in [3.05, 3.63) is 47.5 Å². The molecular formula is C18H17F2NO6. The average molecular weight is 381 g/mol. The minimum atomic E-state index is -0.945. The Bertz CT molecular complexity index is 810. The molecule has 9 heteroatoms. The van der Waals surface area contributed by atoms with Crippen LogP contribution in [0.3, 0.4) is 0 Å². The number of hydrogen-bond acceptors (Lipinski definition) is 6. The molecule has 0 spiro atoms. The van der Waals surface area contributed by atoms with Crippen molar-refractivity contribution in [1.82, 2.24) is 0 Å². The van der Waals surface area contributed by atoms with Gasteiger partial charge in [0.1, 0.15) is 17.3 Å². The van der Waals surface area contributed by atoms with Gasteiger partial charge in [0.05, 0.1) is 26.9 Å². The van der Waals surface area contributed by atoms with Crippen molar-refractivity contribution in [3.63, 3.8) is 0 Å². The number of carbonyl (C=O) groups excluding carboxylic acids is 2. The van der Waals surface area contributed by atoms with Gasteiger partial charge in [-0.3, -0.25) is 4.79 Å². The standard InChI is InChI=1S/C18H17F2NO6/c1-24-13-7-10(8-14(25-2)17(13)26-3)18(23)27-9-15(22)21-16-11(19)5-4-6-12(16)20/h4-8H,9H2,1-3H3,(H,21,22). The number of para-hydroxylation sites is 1. The Morgan fingerprint density at radius 1 is 0.963 bits per heavy atom. The van der Waals surface area contributed by atoms with Gasteiger partial charge >= 0.3 is 5.97 Å². The second kappa shape index (κ2) is 8.84. The van der Waals surface area contributed by atoms with Gasteiger partial charge in [0, 0.05) is 0 Å². The third-order valence-corrected chi connectivity index (χ3v) is 3.46. The van der Waals surface area contributed by atoms with E-state index in [1.807, 2.05) is 5.32 Å². The Morgan fingerprint density at radius 3 is 2.00 bits per heavy atom. The number of rotatable bonds is 7. The quantitative estimate of drug-likeness (QED) is 0.743. The molecule has 0 saturated carbocycles. The topological polar surface area (TPSA) is 83.1 Å². The first-order valence-corrected chi connectivity index (χ1v) is 7.62. The normalized spacial score (nSPS) is 10.1. The van der Waals surface area contributed by atoms with Crippen LogP contribution in [0.5, 0.6) is 17.2 Å². The molecule has 0 atom stereocenters. The number of anilines is 1. The van der Waals surface area contributed by atoms with Crippen molar-refractivity contribution < 1.29 is 37.3 Å². The van der Waals surface area contributed by atoms with Gasteiger partial charge in [-0.15, -0.1) is 0 Å². The minimum Gasteiger partial charge on any atom is -0.493 e. The fourth-order valence-corrected chi connectivity index (χ4v) is 2.21. The number of carbonyl (C=O) groups is 2. The molecule has 2 aromatic rings. The van der Waals surface area contributed by atoms with E-state index >= 15 is 0 Å². The Morgan fingerprint density at radius 2 is 1.52 bits per heavy atom. The van der Waals surface area contributed by atoms with E-state index in [-0.39, 0.29) is 22.8 Å². The van der Waals surface area contributed by atoms with Crippen LogP contribution in [0, 0.1) is 11.6 Å². The lowest BCUT2D eigenvalue weighted by Gasteiger charge is -2.14. The van der Waals surface area contributed by atoms with Crippen molar-refractivity contribution in [2.24, 2.45) is 0 Å². The van der Waals surface area contributed by atoms with E-state index in [4.69, 9.17) is 18.9 Å². The van der Waals surface area contributed by atoms with Gasteiger partial charge in [-0.1, -0.05) is 6.07 Å². The maximum Gasteiger partial charge on any atom is 0.338 e. The smallest absolute Gasteiger partial charge is 0.338 e. The van der Waals surface area contributed by atoms with Gasteiger partial charge in [-0.25, -0.2) is 13.6 Å². The van der Waals surface area contributed by atoms with Crippen LogP contribution in [-0.2, 0) is 9.53 Å². The fraction of sp³-hybridized carbons (Fsp3) is 0.222. The molecule has 2 aromatic carbocycles. The lowest BCUT2D eigenvalue weighted by atomic mass is 10.2. The highest BCUT2D eigenvalue weighted by atomic mass is 19.1. The first kappa shape index (κ1) is 20.0. The number of amides is 1. The Hall–Kier alpha value is -3.36. The first-order valence-electron chi connectivity index (χ1n) is 7.62. The highest BCUT2D eigenvalue weighted by molar-refractivity contribution is 5.96. The molecule has 144 valence electrons. The molecule has 27 heavy (non-hydrogen) atoms. The lowest BCUT2D eigenvalue weighted by molar-refractivity contribution is -0.119. The molecule has 0 heterocycles. The third-order valence-electron chi connectivity index (χ3n) is 3.46. The Kier molecular flexibility index (Phi) is 6.53. The van der Waals surface area contributed by atoms with Crippen LogP contribution in [0.25, 0.3) is 0 Å². The van der Waals surface area contributed by atoms with Gasteiger partial charge in [-0.05, 0) is 24.3 Å². The largest absolute Gasteiger partial charge is 0.493 e. The van der Waals surface area contributed by atoms with Crippen molar-refractivity contribution in [2.45, 2.75) is 0 Å². The van der Waals surface area contributed by atoms with Crippen molar-refractivity contribution in [2.75, 3.05) is 33.3 Å². The number of hydrogen-bond donors (Lipinski definition) is 1. The number of halogens is 2. The lowest BCUT2D eigenvalue weighted by Crippen LogP contribution is -2.22. The maximum absolute atomic E-state index is 13.5. The van der Waals surface area contributed by atoms with E-state index in [2.05, 4.69) is 0 Å². The second-order valence-electron chi connectivity index (χ2n) is 5.13. The van der Waals surface area contributed by atoms with E-state index in [1.54, 1.807) is 0 Å². The summed E-state index contributed by atoms with van der Waals surface area (Å²) in [5.41, 5.74) is -0.583. The number of methoxy groups -OCH3 is 3. The van der Waals surface area contributed by atoms with E-state index in [0.29, 0.717) is 0 Å². The predicted octanol–water partition coefficient (Wildman–Crippen LogP) is 2.79. The molecule has 0 unspecified atom stereocenters. The van der Waals surface area contributed by atoms with Crippen molar-refractivity contribution in [1.29, 1.82) is 0 Å². The Balaban J connectivity index is 2.08. The molecule has 0 aliphatic rings. The molecule has 1 amide bonds. The zero-order valence-electron chi connectivity index (χ0n) is 14.8. The van der Waals surface area contributed by atoms with Crippen LogP contribution < -0.4 is 19.5 Å². The molecule has 0 aromatic heterocycles. The molecule has 2 rings (SSSR count). The molecule has 0 fully saturated rings. The summed E-state index contributed by atoms with van der Waals surface area (Å²) in [5, 5.41) is 2.01. The number of nitrogens with one attached hydrogen (secondary N) is 1. The predicted molar refractivity (Wildman–Crippen MR) is 91.4 cm³/mol. The number of esters is 1. The minimum absolute atomic E-state index is 0.0365. The van der Waals surface area contributed by atoms with Crippen LogP contribution in [0.15, 0.2) is 30.3 Å². The number of benzene rings is 2. The molecular weight excluding hydrogens is 364 g/mol. The highest BCUT2D eigenvalue weighted by Gasteiger charge is 2.19. The molecule has 0 radical (unpaired) electrons. The molecule has 0 aliphatic heterocycles. The van der Waals surface area contributed by atoms with Crippen LogP contribution in [0.2, 0.25) is 0 Å².